The molecule has 7 heteroatoms. The van der Waals surface area contributed by atoms with Crippen LogP contribution in [0.5, 0.6) is 0 Å². The van der Waals surface area contributed by atoms with E-state index >= 15 is 0 Å². The third-order valence-electron chi connectivity index (χ3n) is 3.29. The highest BCUT2D eigenvalue weighted by Crippen LogP contribution is 2.43. The van der Waals surface area contributed by atoms with E-state index in [2.05, 4.69) is 5.32 Å². The van der Waals surface area contributed by atoms with Gasteiger partial charge in [-0.15, -0.1) is 0 Å². The Morgan fingerprint density at radius 1 is 1.39 bits per heavy atom. The van der Waals surface area contributed by atoms with Crippen LogP contribution in [0.3, 0.4) is 0 Å². The van der Waals surface area contributed by atoms with Gasteiger partial charge in [0.05, 0.1) is 6.42 Å². The summed E-state index contributed by atoms with van der Waals surface area (Å²) < 4.78 is 0. The molecule has 4 N–H and O–H groups in total. The number of carbonyl (C=O) groups is 3. The fourth-order valence-corrected chi connectivity index (χ4v) is 2.12. The Morgan fingerprint density at radius 2 is 2.00 bits per heavy atom. The second-order valence-corrected chi connectivity index (χ2v) is 4.91. The minimum atomic E-state index is -0.852. The van der Waals surface area contributed by atoms with Crippen LogP contribution in [0.25, 0.3) is 0 Å². The van der Waals surface area contributed by atoms with Crippen molar-refractivity contribution in [3.63, 3.8) is 0 Å². The van der Waals surface area contributed by atoms with Gasteiger partial charge >= 0.3 is 12.0 Å². The van der Waals surface area contributed by atoms with Gasteiger partial charge in [-0.05, 0) is 18.3 Å². The van der Waals surface area contributed by atoms with E-state index in [1.54, 1.807) is 0 Å². The maximum atomic E-state index is 11.6. The normalized spacial score (nSPS) is 16.5. The summed E-state index contributed by atoms with van der Waals surface area (Å²) in [6.07, 6.45) is 2.66. The number of carboxylic acid groups (broad SMARTS) is 1. The van der Waals surface area contributed by atoms with Gasteiger partial charge in [0.1, 0.15) is 6.54 Å². The first kappa shape index (κ1) is 14.3. The van der Waals surface area contributed by atoms with Crippen molar-refractivity contribution < 1.29 is 19.5 Å². The third kappa shape index (κ3) is 3.90. The van der Waals surface area contributed by atoms with Crippen LogP contribution < -0.4 is 11.1 Å². The van der Waals surface area contributed by atoms with Gasteiger partial charge in [-0.25, -0.2) is 4.79 Å². The maximum Gasteiger partial charge on any atom is 0.317 e. The monoisotopic (exact) mass is 257 g/mol. The number of hydrogen-bond acceptors (Lipinski definition) is 3. The molecule has 0 aromatic rings. The molecule has 102 valence electrons. The molecule has 0 radical (unpaired) electrons. The van der Waals surface area contributed by atoms with E-state index in [0.717, 1.165) is 19.3 Å². The van der Waals surface area contributed by atoms with Gasteiger partial charge in [0.15, 0.2) is 0 Å². The Bertz CT molecular complexity index is 352. The summed E-state index contributed by atoms with van der Waals surface area (Å²) in [6, 6.07) is -0.412. The van der Waals surface area contributed by atoms with Crippen LogP contribution in [0, 0.1) is 5.41 Å². The van der Waals surface area contributed by atoms with E-state index in [1.165, 1.54) is 11.9 Å². The fourth-order valence-electron chi connectivity index (χ4n) is 2.12. The zero-order valence-corrected chi connectivity index (χ0v) is 10.4. The van der Waals surface area contributed by atoms with Gasteiger partial charge in [0.2, 0.25) is 5.91 Å². The van der Waals surface area contributed by atoms with Crippen LogP contribution in [-0.4, -0.2) is 48.1 Å². The minimum absolute atomic E-state index is 0.0623. The molecule has 0 aromatic carbocycles. The molecule has 0 heterocycles. The number of aliphatic carboxylic acids is 1. The van der Waals surface area contributed by atoms with Crippen LogP contribution in [0.2, 0.25) is 0 Å². The molecular weight excluding hydrogens is 238 g/mol. The maximum absolute atomic E-state index is 11.6. The van der Waals surface area contributed by atoms with Gasteiger partial charge in [-0.1, -0.05) is 6.42 Å². The summed E-state index contributed by atoms with van der Waals surface area (Å²) in [5.41, 5.74) is 4.65. The van der Waals surface area contributed by atoms with Gasteiger partial charge in [0.25, 0.3) is 0 Å². The molecular formula is C11H19N3O4. The number of carboxylic acids is 1. The number of nitrogens with one attached hydrogen (secondary N) is 1. The standard InChI is InChI=1S/C11H19N3O4/c1-14(6-8(12)15)10(18)13-7-11(3-2-4-11)5-9(16)17/h2-7H2,1H3,(H2,12,15)(H,13,18)(H,16,17). The topological polar surface area (TPSA) is 113 Å². The van der Waals surface area contributed by atoms with Crippen molar-refractivity contribution in [2.75, 3.05) is 20.1 Å². The van der Waals surface area contributed by atoms with Gasteiger partial charge in [-0.3, -0.25) is 9.59 Å². The first-order valence-electron chi connectivity index (χ1n) is 5.84. The number of nitrogens with zero attached hydrogens (tertiary/aromatic N) is 1. The number of urea groups is 1. The summed E-state index contributed by atoms with van der Waals surface area (Å²) in [7, 11) is 1.46. The average molecular weight is 257 g/mol. The number of carbonyl (C=O) groups excluding carboxylic acids is 2. The van der Waals surface area contributed by atoms with Crippen molar-refractivity contribution in [1.82, 2.24) is 10.2 Å². The first-order chi connectivity index (χ1) is 8.34. The second kappa shape index (κ2) is 5.70. The minimum Gasteiger partial charge on any atom is -0.481 e. The van der Waals surface area contributed by atoms with E-state index in [1.807, 2.05) is 0 Å². The molecule has 1 aliphatic rings. The Labute approximate surface area is 105 Å². The molecule has 0 saturated heterocycles. The summed E-state index contributed by atoms with van der Waals surface area (Å²) in [5, 5.41) is 11.5. The second-order valence-electron chi connectivity index (χ2n) is 4.91. The zero-order valence-electron chi connectivity index (χ0n) is 10.4. The van der Waals surface area contributed by atoms with Crippen LogP contribution in [0.15, 0.2) is 0 Å². The van der Waals surface area contributed by atoms with E-state index in [9.17, 15) is 14.4 Å². The fraction of sp³-hybridized carbons (Fsp3) is 0.727. The number of primary amides is 1. The number of amides is 3. The van der Waals surface area contributed by atoms with Gasteiger partial charge in [0, 0.05) is 13.6 Å². The highest BCUT2D eigenvalue weighted by atomic mass is 16.4. The predicted octanol–water partition coefficient (Wildman–Crippen LogP) is -0.242. The molecule has 1 rings (SSSR count). The van der Waals surface area contributed by atoms with Crippen LogP contribution in [-0.2, 0) is 9.59 Å². The Balaban J connectivity index is 2.41. The van der Waals surface area contributed by atoms with Crippen LogP contribution in [0.1, 0.15) is 25.7 Å². The van der Waals surface area contributed by atoms with E-state index in [-0.39, 0.29) is 18.4 Å². The third-order valence-corrected chi connectivity index (χ3v) is 3.29. The predicted molar refractivity (Wildman–Crippen MR) is 63.8 cm³/mol. The number of likely N-dealkylation sites (N-methyl/N-ethyl adjacent to an activating group) is 1. The molecule has 0 aliphatic heterocycles. The molecule has 1 aliphatic carbocycles. The first-order valence-corrected chi connectivity index (χ1v) is 5.84. The van der Waals surface area contributed by atoms with Crippen molar-refractivity contribution in [1.29, 1.82) is 0 Å². The lowest BCUT2D eigenvalue weighted by Crippen LogP contribution is -2.48. The van der Waals surface area contributed by atoms with Gasteiger partial charge in [-0.2, -0.15) is 0 Å². The van der Waals surface area contributed by atoms with Crippen molar-refractivity contribution in [3.8, 4) is 0 Å². The molecule has 0 bridgehead atoms. The molecule has 3 amide bonds. The summed E-state index contributed by atoms with van der Waals surface area (Å²) in [6.45, 7) is 0.166. The largest absolute Gasteiger partial charge is 0.481 e. The summed E-state index contributed by atoms with van der Waals surface area (Å²) >= 11 is 0. The van der Waals surface area contributed by atoms with Crippen LogP contribution >= 0.6 is 0 Å². The van der Waals surface area contributed by atoms with E-state index < -0.39 is 17.9 Å². The van der Waals surface area contributed by atoms with Crippen molar-refractivity contribution in [2.45, 2.75) is 25.7 Å². The smallest absolute Gasteiger partial charge is 0.317 e. The SMILES string of the molecule is CN(CC(N)=O)C(=O)NCC1(CC(=O)O)CCC1. The Morgan fingerprint density at radius 3 is 2.39 bits per heavy atom. The number of hydrogen-bond donors (Lipinski definition) is 3. The Kier molecular flexibility index (Phi) is 4.52. The lowest BCUT2D eigenvalue weighted by molar-refractivity contribution is -0.141. The molecule has 1 saturated carbocycles. The molecule has 0 unspecified atom stereocenters. The van der Waals surface area contributed by atoms with Gasteiger partial charge < -0.3 is 21.1 Å². The molecule has 0 aromatic heterocycles. The molecule has 0 spiro atoms. The molecule has 1 fully saturated rings. The highest BCUT2D eigenvalue weighted by Gasteiger charge is 2.39. The lowest BCUT2D eigenvalue weighted by atomic mass is 9.66. The highest BCUT2D eigenvalue weighted by molar-refractivity contribution is 5.82. The zero-order chi connectivity index (χ0) is 13.8. The van der Waals surface area contributed by atoms with E-state index in [0.29, 0.717) is 6.54 Å². The van der Waals surface area contributed by atoms with E-state index in [4.69, 9.17) is 10.8 Å². The molecule has 18 heavy (non-hydrogen) atoms. The average Bonchev–Trinajstić information content (AvgIpc) is 2.19. The number of rotatable bonds is 6. The Hall–Kier alpha value is -1.79. The van der Waals surface area contributed by atoms with Crippen molar-refractivity contribution >= 4 is 17.9 Å². The molecule has 7 nitrogen and oxygen atoms in total. The van der Waals surface area contributed by atoms with Crippen LogP contribution in [0.4, 0.5) is 4.79 Å². The lowest BCUT2D eigenvalue weighted by Gasteiger charge is -2.41. The van der Waals surface area contributed by atoms with Crippen molar-refractivity contribution in [2.24, 2.45) is 11.1 Å². The van der Waals surface area contributed by atoms with Crippen molar-refractivity contribution in [3.05, 3.63) is 0 Å². The molecule has 0 atom stereocenters. The quantitative estimate of drug-likeness (QED) is 0.609. The number of nitrogens with two attached hydrogens (primary N) is 1. The summed E-state index contributed by atoms with van der Waals surface area (Å²) in [4.78, 5) is 34.2. The summed E-state index contributed by atoms with van der Waals surface area (Å²) in [5.74, 6) is -1.44.